The zero-order valence-corrected chi connectivity index (χ0v) is 17.5. The first-order valence-corrected chi connectivity index (χ1v) is 9.39. The van der Waals surface area contributed by atoms with Gasteiger partial charge in [-0.1, -0.05) is 24.3 Å². The Bertz CT molecular complexity index is 865. The Balaban J connectivity index is 1.87. The molecule has 1 atom stereocenters. The van der Waals surface area contributed by atoms with Crippen LogP contribution in [-0.4, -0.2) is 43.5 Å². The van der Waals surface area contributed by atoms with E-state index in [1.807, 2.05) is 32.0 Å². The molecule has 0 aliphatic rings. The molecule has 2 rings (SSSR count). The summed E-state index contributed by atoms with van der Waals surface area (Å²) in [4.78, 5) is 26.4. The minimum atomic E-state index is -0.492. The van der Waals surface area contributed by atoms with Crippen LogP contribution in [0.25, 0.3) is 0 Å². The van der Waals surface area contributed by atoms with Gasteiger partial charge in [0.15, 0.2) is 11.6 Å². The van der Waals surface area contributed by atoms with E-state index in [4.69, 9.17) is 4.74 Å². The summed E-state index contributed by atoms with van der Waals surface area (Å²) in [5.74, 6) is -0.836. The topological polar surface area (TPSA) is 70.7 Å². The number of amides is 2. The summed E-state index contributed by atoms with van der Waals surface area (Å²) in [5.41, 5.74) is 3.41. The van der Waals surface area contributed by atoms with E-state index in [-0.39, 0.29) is 24.1 Å². The third-order valence-electron chi connectivity index (χ3n) is 4.86. The van der Waals surface area contributed by atoms with E-state index in [1.54, 1.807) is 31.0 Å². The van der Waals surface area contributed by atoms with Gasteiger partial charge in [-0.2, -0.15) is 0 Å². The predicted octanol–water partition coefficient (Wildman–Crippen LogP) is 3.03. The molecule has 0 saturated heterocycles. The van der Waals surface area contributed by atoms with E-state index in [1.165, 1.54) is 13.2 Å². The number of para-hydroxylation sites is 1. The van der Waals surface area contributed by atoms with E-state index >= 15 is 0 Å². The number of methoxy groups -OCH3 is 1. The highest BCUT2D eigenvalue weighted by atomic mass is 19.1. The molecular formula is C22H28FN3O3. The number of rotatable bonds is 8. The van der Waals surface area contributed by atoms with Crippen LogP contribution < -0.4 is 15.4 Å². The van der Waals surface area contributed by atoms with Crippen molar-refractivity contribution in [1.82, 2.24) is 10.2 Å². The average molecular weight is 401 g/mol. The summed E-state index contributed by atoms with van der Waals surface area (Å²) < 4.78 is 18.8. The minimum Gasteiger partial charge on any atom is -0.494 e. The predicted molar refractivity (Wildman–Crippen MR) is 111 cm³/mol. The van der Waals surface area contributed by atoms with E-state index in [9.17, 15) is 14.0 Å². The van der Waals surface area contributed by atoms with Crippen molar-refractivity contribution in [2.24, 2.45) is 0 Å². The molecule has 2 aromatic carbocycles. The Morgan fingerprint density at radius 3 is 2.41 bits per heavy atom. The quantitative estimate of drug-likeness (QED) is 0.713. The first-order valence-electron chi connectivity index (χ1n) is 9.39. The standard InChI is InChI=1S/C22H28FN3O3/c1-14-7-6-8-15(2)21(14)25-20(27)12-24-22(28)16(3)26(4)13-17-9-10-19(29-5)18(23)11-17/h6-11,16H,12-13H2,1-5H3,(H,24,28)(H,25,27)/t16-/m1/s1. The van der Waals surface area contributed by atoms with Gasteiger partial charge in [-0.3, -0.25) is 14.5 Å². The lowest BCUT2D eigenvalue weighted by Crippen LogP contribution is -2.45. The number of hydrogen-bond donors (Lipinski definition) is 2. The second-order valence-corrected chi connectivity index (χ2v) is 7.09. The van der Waals surface area contributed by atoms with Crippen LogP contribution in [0.15, 0.2) is 36.4 Å². The summed E-state index contributed by atoms with van der Waals surface area (Å²) in [5, 5.41) is 5.49. The summed E-state index contributed by atoms with van der Waals surface area (Å²) >= 11 is 0. The van der Waals surface area contributed by atoms with Crippen LogP contribution in [-0.2, 0) is 16.1 Å². The zero-order valence-electron chi connectivity index (χ0n) is 17.5. The van der Waals surface area contributed by atoms with Gasteiger partial charge in [0.05, 0.1) is 19.7 Å². The Morgan fingerprint density at radius 2 is 1.83 bits per heavy atom. The number of aryl methyl sites for hydroxylation is 2. The molecule has 6 nitrogen and oxygen atoms in total. The van der Waals surface area contributed by atoms with Gasteiger partial charge in [-0.15, -0.1) is 0 Å². The maximum Gasteiger partial charge on any atom is 0.243 e. The number of likely N-dealkylation sites (N-methyl/N-ethyl adjacent to an activating group) is 1. The van der Waals surface area contributed by atoms with Gasteiger partial charge >= 0.3 is 0 Å². The molecule has 0 unspecified atom stereocenters. The molecule has 156 valence electrons. The molecule has 0 radical (unpaired) electrons. The van der Waals surface area contributed by atoms with Gasteiger partial charge in [-0.05, 0) is 56.6 Å². The Morgan fingerprint density at radius 1 is 1.17 bits per heavy atom. The lowest BCUT2D eigenvalue weighted by molar-refractivity contribution is -0.127. The number of carbonyl (C=O) groups excluding carboxylic acids is 2. The van der Waals surface area contributed by atoms with Crippen molar-refractivity contribution in [2.45, 2.75) is 33.4 Å². The molecule has 2 N–H and O–H groups in total. The number of halogens is 1. The van der Waals surface area contributed by atoms with Gasteiger partial charge in [-0.25, -0.2) is 4.39 Å². The molecule has 2 amide bonds. The second kappa shape index (κ2) is 10.0. The lowest BCUT2D eigenvalue weighted by Gasteiger charge is -2.24. The van der Waals surface area contributed by atoms with Crippen molar-refractivity contribution in [3.63, 3.8) is 0 Å². The SMILES string of the molecule is COc1ccc(CN(C)[C@H](C)C(=O)NCC(=O)Nc2c(C)cccc2C)cc1F. The number of ether oxygens (including phenoxy) is 1. The van der Waals surface area contributed by atoms with Crippen LogP contribution >= 0.6 is 0 Å². The maximum atomic E-state index is 13.8. The molecule has 0 fully saturated rings. The highest BCUT2D eigenvalue weighted by Gasteiger charge is 2.19. The molecule has 2 aromatic rings. The number of benzene rings is 2. The number of anilines is 1. The molecule has 0 spiro atoms. The van der Waals surface area contributed by atoms with Crippen LogP contribution in [0.2, 0.25) is 0 Å². The lowest BCUT2D eigenvalue weighted by atomic mass is 10.1. The molecule has 0 aliphatic carbocycles. The number of hydrogen-bond acceptors (Lipinski definition) is 4. The monoisotopic (exact) mass is 401 g/mol. The highest BCUT2D eigenvalue weighted by molar-refractivity contribution is 5.96. The minimum absolute atomic E-state index is 0.123. The van der Waals surface area contributed by atoms with Crippen molar-refractivity contribution >= 4 is 17.5 Å². The number of carbonyl (C=O) groups is 2. The van der Waals surface area contributed by atoms with E-state index in [2.05, 4.69) is 10.6 Å². The summed E-state index contributed by atoms with van der Waals surface area (Å²) in [6.07, 6.45) is 0. The second-order valence-electron chi connectivity index (χ2n) is 7.09. The van der Waals surface area contributed by atoms with Crippen LogP contribution in [0.3, 0.4) is 0 Å². The fourth-order valence-corrected chi connectivity index (χ4v) is 2.94. The Hall–Kier alpha value is -2.93. The summed E-state index contributed by atoms with van der Waals surface area (Å²) in [6, 6.07) is 9.96. The molecule has 0 saturated carbocycles. The van der Waals surface area contributed by atoms with Gasteiger partial charge in [0.2, 0.25) is 11.8 Å². The summed E-state index contributed by atoms with van der Waals surface area (Å²) in [6.45, 7) is 5.82. The fraction of sp³-hybridized carbons (Fsp3) is 0.364. The summed E-state index contributed by atoms with van der Waals surface area (Å²) in [7, 11) is 3.18. The number of nitrogens with zero attached hydrogens (tertiary/aromatic N) is 1. The molecule has 0 heterocycles. The molecular weight excluding hydrogens is 373 g/mol. The van der Waals surface area contributed by atoms with E-state index in [0.29, 0.717) is 6.54 Å². The maximum absolute atomic E-state index is 13.8. The molecule has 0 aliphatic heterocycles. The van der Waals surface area contributed by atoms with Crippen molar-refractivity contribution < 1.29 is 18.7 Å². The largest absolute Gasteiger partial charge is 0.494 e. The smallest absolute Gasteiger partial charge is 0.243 e. The first-order chi connectivity index (χ1) is 13.7. The van der Waals surface area contributed by atoms with E-state index in [0.717, 1.165) is 22.4 Å². The van der Waals surface area contributed by atoms with Crippen molar-refractivity contribution in [3.8, 4) is 5.75 Å². The van der Waals surface area contributed by atoms with Crippen LogP contribution in [0.5, 0.6) is 5.75 Å². The van der Waals surface area contributed by atoms with Crippen molar-refractivity contribution in [3.05, 3.63) is 58.9 Å². The van der Waals surface area contributed by atoms with Crippen LogP contribution in [0.1, 0.15) is 23.6 Å². The average Bonchev–Trinajstić information content (AvgIpc) is 2.68. The van der Waals surface area contributed by atoms with Crippen molar-refractivity contribution in [1.29, 1.82) is 0 Å². The van der Waals surface area contributed by atoms with Crippen LogP contribution in [0.4, 0.5) is 10.1 Å². The van der Waals surface area contributed by atoms with Gasteiger partial charge in [0.25, 0.3) is 0 Å². The van der Waals surface area contributed by atoms with Crippen molar-refractivity contribution in [2.75, 3.05) is 26.0 Å². The van der Waals surface area contributed by atoms with Gasteiger partial charge in [0, 0.05) is 12.2 Å². The molecule has 0 bridgehead atoms. The van der Waals surface area contributed by atoms with Gasteiger partial charge in [0.1, 0.15) is 0 Å². The Labute approximate surface area is 171 Å². The fourth-order valence-electron chi connectivity index (χ4n) is 2.94. The van der Waals surface area contributed by atoms with Crippen LogP contribution in [0, 0.1) is 19.7 Å². The van der Waals surface area contributed by atoms with Gasteiger partial charge < -0.3 is 15.4 Å². The molecule has 0 aromatic heterocycles. The number of nitrogens with one attached hydrogen (secondary N) is 2. The normalized spacial score (nSPS) is 11.8. The highest BCUT2D eigenvalue weighted by Crippen LogP contribution is 2.20. The third kappa shape index (κ3) is 6.02. The van der Waals surface area contributed by atoms with E-state index < -0.39 is 11.9 Å². The third-order valence-corrected chi connectivity index (χ3v) is 4.86. The zero-order chi connectivity index (χ0) is 21.6. The first kappa shape index (κ1) is 22.4. The molecule has 7 heteroatoms. The molecule has 29 heavy (non-hydrogen) atoms. The Kier molecular flexibility index (Phi) is 7.73.